The number of benzene rings is 1. The topological polar surface area (TPSA) is 90.0 Å². The summed E-state index contributed by atoms with van der Waals surface area (Å²) >= 11 is 5.93. The highest BCUT2D eigenvalue weighted by Crippen LogP contribution is 2.25. The summed E-state index contributed by atoms with van der Waals surface area (Å²) in [5, 5.41) is 7.68. The fourth-order valence-corrected chi connectivity index (χ4v) is 3.63. The molecule has 7 nitrogen and oxygen atoms in total. The Morgan fingerprint density at radius 2 is 2.07 bits per heavy atom. The molecule has 2 heterocycles. The zero-order valence-corrected chi connectivity index (χ0v) is 16.6. The van der Waals surface area contributed by atoms with E-state index in [1.54, 1.807) is 24.3 Å². The summed E-state index contributed by atoms with van der Waals surface area (Å²) in [7, 11) is 0. The molecule has 1 N–H and O–H groups in total. The Kier molecular flexibility index (Phi) is 5.76. The lowest BCUT2D eigenvalue weighted by Gasteiger charge is -2.13. The van der Waals surface area contributed by atoms with Crippen molar-refractivity contribution in [2.45, 2.75) is 38.6 Å². The summed E-state index contributed by atoms with van der Waals surface area (Å²) in [6.45, 7) is 0.463. The van der Waals surface area contributed by atoms with Gasteiger partial charge in [0.1, 0.15) is 24.0 Å². The van der Waals surface area contributed by atoms with Crippen molar-refractivity contribution in [3.63, 3.8) is 0 Å². The predicted molar refractivity (Wildman–Crippen MR) is 111 cm³/mol. The van der Waals surface area contributed by atoms with Crippen LogP contribution in [0.15, 0.2) is 51.6 Å². The maximum absolute atomic E-state index is 12.9. The van der Waals surface area contributed by atoms with E-state index < -0.39 is 0 Å². The Balaban J connectivity index is 1.49. The molecular formula is C21H21ClN4O3. The van der Waals surface area contributed by atoms with Gasteiger partial charge in [-0.05, 0) is 44.2 Å². The minimum Gasteiger partial charge on any atom is -0.354 e. The Morgan fingerprint density at radius 3 is 2.83 bits per heavy atom. The number of hydrogen-bond donors (Lipinski definition) is 1. The average molecular weight is 413 g/mol. The first-order valence-corrected chi connectivity index (χ1v) is 10.0. The molecule has 29 heavy (non-hydrogen) atoms. The smallest absolute Gasteiger partial charge is 0.267 e. The van der Waals surface area contributed by atoms with Crippen LogP contribution in [0.3, 0.4) is 0 Å². The molecule has 3 aromatic rings. The van der Waals surface area contributed by atoms with Gasteiger partial charge < -0.3 is 9.84 Å². The number of carbonyl (C=O) groups excluding carboxylic acids is 1. The number of nitrogens with zero attached hydrogens (tertiary/aromatic N) is 3. The van der Waals surface area contributed by atoms with E-state index in [1.807, 2.05) is 0 Å². The Bertz CT molecular complexity index is 1120. The number of allylic oxidation sites excluding steroid dienone is 1. The highest BCUT2D eigenvalue weighted by Gasteiger charge is 2.18. The Morgan fingerprint density at radius 1 is 1.24 bits per heavy atom. The lowest BCUT2D eigenvalue weighted by atomic mass is 9.97. The molecule has 2 aromatic heterocycles. The molecule has 1 aromatic carbocycles. The third-order valence-corrected chi connectivity index (χ3v) is 5.30. The molecular weight excluding hydrogens is 392 g/mol. The zero-order valence-electron chi connectivity index (χ0n) is 15.9. The van der Waals surface area contributed by atoms with Crippen LogP contribution in [0, 0.1) is 0 Å². The van der Waals surface area contributed by atoms with Crippen molar-refractivity contribution in [1.82, 2.24) is 20.0 Å². The minimum atomic E-state index is -0.369. The van der Waals surface area contributed by atoms with Crippen LogP contribution >= 0.6 is 11.6 Å². The molecule has 0 saturated carbocycles. The van der Waals surface area contributed by atoms with Crippen LogP contribution in [-0.2, 0) is 11.3 Å². The van der Waals surface area contributed by atoms with E-state index in [9.17, 15) is 9.59 Å². The number of aromatic nitrogens is 3. The first-order valence-electron chi connectivity index (χ1n) is 9.67. The van der Waals surface area contributed by atoms with Gasteiger partial charge in [-0.2, -0.15) is 0 Å². The number of carbonyl (C=O) groups is 1. The largest absolute Gasteiger partial charge is 0.354 e. The second-order valence-electron chi connectivity index (χ2n) is 7.10. The number of fused-ring (bicyclic) bond motifs is 1. The second kappa shape index (κ2) is 8.61. The Labute approximate surface area is 172 Å². The van der Waals surface area contributed by atoms with Crippen molar-refractivity contribution >= 4 is 28.6 Å². The highest BCUT2D eigenvalue weighted by atomic mass is 35.5. The summed E-state index contributed by atoms with van der Waals surface area (Å²) in [4.78, 5) is 29.3. The van der Waals surface area contributed by atoms with E-state index in [4.69, 9.17) is 16.1 Å². The predicted octanol–water partition coefficient (Wildman–Crippen LogP) is 3.71. The van der Waals surface area contributed by atoms with E-state index >= 15 is 0 Å². The van der Waals surface area contributed by atoms with Gasteiger partial charge in [-0.15, -0.1) is 0 Å². The first-order chi connectivity index (χ1) is 14.1. The summed E-state index contributed by atoms with van der Waals surface area (Å²) in [5.74, 6) is -0.228. The van der Waals surface area contributed by atoms with Crippen molar-refractivity contribution in [3.8, 4) is 11.3 Å². The van der Waals surface area contributed by atoms with Gasteiger partial charge in [0.15, 0.2) is 0 Å². The van der Waals surface area contributed by atoms with Crippen LogP contribution in [0.25, 0.3) is 22.4 Å². The van der Waals surface area contributed by atoms with Crippen LogP contribution in [0.5, 0.6) is 0 Å². The number of rotatable bonds is 6. The molecule has 150 valence electrons. The molecule has 0 unspecified atom stereocenters. The van der Waals surface area contributed by atoms with E-state index in [0.717, 1.165) is 19.3 Å². The average Bonchev–Trinajstić information content (AvgIpc) is 3.16. The monoisotopic (exact) mass is 412 g/mol. The van der Waals surface area contributed by atoms with E-state index in [0.29, 0.717) is 22.8 Å². The lowest BCUT2D eigenvalue weighted by Crippen LogP contribution is -2.33. The number of nitrogens with one attached hydrogen (secondary N) is 1. The van der Waals surface area contributed by atoms with Crippen molar-refractivity contribution in [1.29, 1.82) is 0 Å². The van der Waals surface area contributed by atoms with Crippen molar-refractivity contribution < 1.29 is 9.32 Å². The molecule has 1 aliphatic rings. The molecule has 0 spiro atoms. The maximum atomic E-state index is 12.9. The van der Waals surface area contributed by atoms with Crippen LogP contribution < -0.4 is 10.9 Å². The standard InChI is InChI=1S/C21H21ClN4O3/c22-16-8-6-15(7-9-16)19-18-20(29-25-19)24-13-26(21(18)28)12-17(27)23-11-10-14-4-2-1-3-5-14/h4,6-9,13H,1-3,5,10-12H2,(H,23,27). The molecule has 1 amide bonds. The molecule has 0 aliphatic heterocycles. The van der Waals surface area contributed by atoms with Gasteiger partial charge in [0.25, 0.3) is 11.3 Å². The molecule has 1 aliphatic carbocycles. The van der Waals surface area contributed by atoms with Crippen molar-refractivity contribution in [2.24, 2.45) is 0 Å². The number of halogens is 1. The van der Waals surface area contributed by atoms with Gasteiger partial charge in [0.05, 0.1) is 0 Å². The molecule has 4 rings (SSSR count). The van der Waals surface area contributed by atoms with Gasteiger partial charge in [-0.3, -0.25) is 14.2 Å². The molecule has 0 bridgehead atoms. The molecule has 8 heteroatoms. The normalized spacial score (nSPS) is 14.0. The molecule has 0 saturated heterocycles. The number of hydrogen-bond acceptors (Lipinski definition) is 5. The molecule has 0 radical (unpaired) electrons. The van der Waals surface area contributed by atoms with Crippen LogP contribution in [-0.4, -0.2) is 27.2 Å². The fourth-order valence-electron chi connectivity index (χ4n) is 3.50. The third-order valence-electron chi connectivity index (χ3n) is 5.05. The van der Waals surface area contributed by atoms with E-state index in [1.165, 1.54) is 29.3 Å². The summed E-state index contributed by atoms with van der Waals surface area (Å²) in [6, 6.07) is 6.93. The van der Waals surface area contributed by atoms with Gasteiger partial charge in [0.2, 0.25) is 5.91 Å². The highest BCUT2D eigenvalue weighted by molar-refractivity contribution is 6.30. The summed E-state index contributed by atoms with van der Waals surface area (Å²) < 4.78 is 6.46. The van der Waals surface area contributed by atoms with Crippen molar-refractivity contribution in [2.75, 3.05) is 6.54 Å². The van der Waals surface area contributed by atoms with Gasteiger partial charge >= 0.3 is 0 Å². The maximum Gasteiger partial charge on any atom is 0.267 e. The zero-order chi connectivity index (χ0) is 20.2. The lowest BCUT2D eigenvalue weighted by molar-refractivity contribution is -0.121. The Hall–Kier alpha value is -2.93. The van der Waals surface area contributed by atoms with Crippen molar-refractivity contribution in [3.05, 3.63) is 57.6 Å². The van der Waals surface area contributed by atoms with E-state index in [-0.39, 0.29) is 29.1 Å². The van der Waals surface area contributed by atoms with Gasteiger partial charge in [-0.1, -0.05) is 40.5 Å². The fraction of sp³-hybridized carbons (Fsp3) is 0.333. The minimum absolute atomic E-state index is 0.105. The van der Waals surface area contributed by atoms with Gasteiger partial charge in [-0.25, -0.2) is 4.98 Å². The van der Waals surface area contributed by atoms with E-state index in [2.05, 4.69) is 21.5 Å². The number of amides is 1. The second-order valence-corrected chi connectivity index (χ2v) is 7.54. The van der Waals surface area contributed by atoms with Gasteiger partial charge in [0, 0.05) is 17.1 Å². The third kappa shape index (κ3) is 4.40. The SMILES string of the molecule is O=C(Cn1cnc2onc(-c3ccc(Cl)cc3)c2c1=O)NCCC1=CCCCC1. The van der Waals surface area contributed by atoms with Crippen LogP contribution in [0.4, 0.5) is 0 Å². The summed E-state index contributed by atoms with van der Waals surface area (Å²) in [5.41, 5.74) is 2.24. The first kappa shape index (κ1) is 19.4. The quantitative estimate of drug-likeness (QED) is 0.623. The molecule has 0 fully saturated rings. The molecule has 0 atom stereocenters. The van der Waals surface area contributed by atoms with Crippen LogP contribution in [0.2, 0.25) is 5.02 Å². The van der Waals surface area contributed by atoms with Crippen LogP contribution in [0.1, 0.15) is 32.1 Å². The summed E-state index contributed by atoms with van der Waals surface area (Å²) in [6.07, 6.45) is 9.12.